The Morgan fingerprint density at radius 1 is 0.941 bits per heavy atom. The lowest BCUT2D eigenvalue weighted by Crippen LogP contribution is -1.94. The minimum atomic E-state index is -0.155. The molecule has 0 aliphatic heterocycles. The molecule has 88 valence electrons. The van der Waals surface area contributed by atoms with Crippen LogP contribution in [0, 0.1) is 19.7 Å². The van der Waals surface area contributed by atoms with Crippen LogP contribution in [0.5, 0.6) is 0 Å². The molecule has 1 unspecified atom stereocenters. The molecule has 0 radical (unpaired) electrons. The van der Waals surface area contributed by atoms with E-state index >= 15 is 0 Å². The summed E-state index contributed by atoms with van der Waals surface area (Å²) in [6.07, 6.45) is 0. The average Bonchev–Trinajstić information content (AvgIpc) is 2.33. The van der Waals surface area contributed by atoms with Crippen LogP contribution in [-0.2, 0) is 0 Å². The summed E-state index contributed by atoms with van der Waals surface area (Å²) in [7, 11) is 0. The Balaban J connectivity index is 2.33. The Hall–Kier alpha value is -1.15. The lowest BCUT2D eigenvalue weighted by atomic mass is 10.0. The maximum absolute atomic E-state index is 13.2. The highest BCUT2D eigenvalue weighted by molar-refractivity contribution is 9.09. The highest BCUT2D eigenvalue weighted by atomic mass is 79.9. The number of alkyl halides is 1. The highest BCUT2D eigenvalue weighted by Crippen LogP contribution is 2.31. The van der Waals surface area contributed by atoms with Gasteiger partial charge in [-0.25, -0.2) is 4.39 Å². The second-order valence-electron chi connectivity index (χ2n) is 4.28. The van der Waals surface area contributed by atoms with Crippen LogP contribution in [0.2, 0.25) is 0 Å². The molecule has 2 heteroatoms. The molecule has 0 aliphatic carbocycles. The molecule has 0 spiro atoms. The summed E-state index contributed by atoms with van der Waals surface area (Å²) in [5.74, 6) is -0.155. The number of hydrogen-bond donors (Lipinski definition) is 0. The molecule has 2 aromatic rings. The summed E-state index contributed by atoms with van der Waals surface area (Å²) >= 11 is 3.65. The predicted molar refractivity (Wildman–Crippen MR) is 73.1 cm³/mol. The molecule has 0 aromatic heterocycles. The Labute approximate surface area is 110 Å². The molecular weight excluding hydrogens is 279 g/mol. The van der Waals surface area contributed by atoms with E-state index in [2.05, 4.69) is 47.1 Å². The van der Waals surface area contributed by atoms with Crippen molar-refractivity contribution < 1.29 is 4.39 Å². The van der Waals surface area contributed by atoms with Gasteiger partial charge >= 0.3 is 0 Å². The van der Waals surface area contributed by atoms with E-state index in [0.29, 0.717) is 5.56 Å². The zero-order valence-electron chi connectivity index (χ0n) is 9.87. The van der Waals surface area contributed by atoms with Crippen molar-refractivity contribution in [2.24, 2.45) is 0 Å². The summed E-state index contributed by atoms with van der Waals surface area (Å²) in [6.45, 7) is 3.85. The number of hydrogen-bond acceptors (Lipinski definition) is 0. The number of rotatable bonds is 2. The Kier molecular flexibility index (Phi) is 3.63. The van der Waals surface area contributed by atoms with E-state index in [-0.39, 0.29) is 10.6 Å². The monoisotopic (exact) mass is 292 g/mol. The molecule has 17 heavy (non-hydrogen) atoms. The van der Waals surface area contributed by atoms with Crippen LogP contribution in [0.25, 0.3) is 0 Å². The molecule has 0 aliphatic rings. The average molecular weight is 293 g/mol. The van der Waals surface area contributed by atoms with Crippen molar-refractivity contribution in [2.45, 2.75) is 18.7 Å². The number of halogens is 2. The molecule has 2 rings (SSSR count). The molecule has 0 heterocycles. The smallest absolute Gasteiger partial charge is 0.126 e. The fourth-order valence-corrected chi connectivity index (χ4v) is 2.34. The van der Waals surface area contributed by atoms with Crippen LogP contribution in [0.3, 0.4) is 0 Å². The van der Waals surface area contributed by atoms with E-state index in [9.17, 15) is 4.39 Å². The lowest BCUT2D eigenvalue weighted by molar-refractivity contribution is 0.618. The second-order valence-corrected chi connectivity index (χ2v) is 5.20. The van der Waals surface area contributed by atoms with Crippen LogP contribution in [-0.4, -0.2) is 0 Å². The molecule has 0 saturated carbocycles. The van der Waals surface area contributed by atoms with Crippen molar-refractivity contribution in [3.05, 3.63) is 70.5 Å². The lowest BCUT2D eigenvalue weighted by Gasteiger charge is -2.12. The molecule has 0 N–H and O–H groups in total. The molecular formula is C15H14BrF. The third-order valence-corrected chi connectivity index (χ3v) is 3.90. The summed E-state index contributed by atoms with van der Waals surface area (Å²) in [5, 5.41) is 0. The standard InChI is InChI=1S/C15H14BrF/c1-10-3-5-12(6-4-10)15(16)13-7-8-14(17)11(2)9-13/h3-9,15H,1-2H3. The molecule has 0 saturated heterocycles. The zero-order valence-corrected chi connectivity index (χ0v) is 11.5. The van der Waals surface area contributed by atoms with Gasteiger partial charge in [0.25, 0.3) is 0 Å². The summed E-state index contributed by atoms with van der Waals surface area (Å²) in [5.41, 5.74) is 4.18. The zero-order chi connectivity index (χ0) is 12.4. The third kappa shape index (κ3) is 2.75. The quantitative estimate of drug-likeness (QED) is 0.689. The molecule has 1 atom stereocenters. The first-order chi connectivity index (χ1) is 8.08. The molecule has 0 bridgehead atoms. The number of benzene rings is 2. The Morgan fingerprint density at radius 2 is 1.53 bits per heavy atom. The summed E-state index contributed by atoms with van der Waals surface area (Å²) in [6, 6.07) is 13.6. The van der Waals surface area contributed by atoms with Crippen molar-refractivity contribution in [1.29, 1.82) is 0 Å². The Bertz CT molecular complexity index is 517. The first kappa shape index (κ1) is 12.3. The van der Waals surface area contributed by atoms with Crippen LogP contribution >= 0.6 is 15.9 Å². The van der Waals surface area contributed by atoms with Gasteiger partial charge in [0.05, 0.1) is 4.83 Å². The van der Waals surface area contributed by atoms with Gasteiger partial charge in [0.2, 0.25) is 0 Å². The number of aryl methyl sites for hydroxylation is 2. The van der Waals surface area contributed by atoms with Crippen molar-refractivity contribution in [2.75, 3.05) is 0 Å². The van der Waals surface area contributed by atoms with Gasteiger partial charge in [-0.15, -0.1) is 0 Å². The van der Waals surface area contributed by atoms with Gasteiger partial charge in [0, 0.05) is 0 Å². The minimum absolute atomic E-state index is 0.113. The molecule has 0 nitrogen and oxygen atoms in total. The van der Waals surface area contributed by atoms with Gasteiger partial charge < -0.3 is 0 Å². The van der Waals surface area contributed by atoms with E-state index in [0.717, 1.165) is 5.56 Å². The third-order valence-electron chi connectivity index (χ3n) is 2.84. The van der Waals surface area contributed by atoms with Crippen LogP contribution in [0.15, 0.2) is 42.5 Å². The van der Waals surface area contributed by atoms with Crippen molar-refractivity contribution >= 4 is 15.9 Å². The van der Waals surface area contributed by atoms with Gasteiger partial charge in [-0.3, -0.25) is 0 Å². The SMILES string of the molecule is Cc1ccc(C(Br)c2ccc(F)c(C)c2)cc1. The van der Waals surface area contributed by atoms with E-state index in [1.807, 2.05) is 12.1 Å². The van der Waals surface area contributed by atoms with Crippen LogP contribution in [0.4, 0.5) is 4.39 Å². The van der Waals surface area contributed by atoms with Crippen LogP contribution in [0.1, 0.15) is 27.1 Å². The van der Waals surface area contributed by atoms with Gasteiger partial charge in [-0.05, 0) is 36.6 Å². The van der Waals surface area contributed by atoms with E-state index in [4.69, 9.17) is 0 Å². The van der Waals surface area contributed by atoms with Crippen molar-refractivity contribution in [3.8, 4) is 0 Å². The highest BCUT2D eigenvalue weighted by Gasteiger charge is 2.11. The first-order valence-electron chi connectivity index (χ1n) is 5.54. The normalized spacial score (nSPS) is 12.5. The fourth-order valence-electron chi connectivity index (χ4n) is 1.75. The fraction of sp³-hybridized carbons (Fsp3) is 0.200. The predicted octanol–water partition coefficient (Wildman–Crippen LogP) is 4.93. The molecule has 0 fully saturated rings. The van der Waals surface area contributed by atoms with E-state index in [1.165, 1.54) is 17.2 Å². The second kappa shape index (κ2) is 5.01. The van der Waals surface area contributed by atoms with Gasteiger partial charge in [-0.1, -0.05) is 57.9 Å². The van der Waals surface area contributed by atoms with Crippen molar-refractivity contribution in [3.63, 3.8) is 0 Å². The maximum atomic E-state index is 13.2. The molecule has 2 aromatic carbocycles. The Morgan fingerprint density at radius 3 is 2.12 bits per heavy atom. The summed E-state index contributed by atoms with van der Waals surface area (Å²) < 4.78 is 13.2. The van der Waals surface area contributed by atoms with Gasteiger partial charge in [0.15, 0.2) is 0 Å². The maximum Gasteiger partial charge on any atom is 0.126 e. The van der Waals surface area contributed by atoms with E-state index < -0.39 is 0 Å². The largest absolute Gasteiger partial charge is 0.207 e. The molecule has 0 amide bonds. The van der Waals surface area contributed by atoms with Gasteiger partial charge in [-0.2, -0.15) is 0 Å². The van der Waals surface area contributed by atoms with Crippen molar-refractivity contribution in [1.82, 2.24) is 0 Å². The topological polar surface area (TPSA) is 0 Å². The minimum Gasteiger partial charge on any atom is -0.207 e. The van der Waals surface area contributed by atoms with Gasteiger partial charge in [0.1, 0.15) is 5.82 Å². The van der Waals surface area contributed by atoms with E-state index in [1.54, 1.807) is 6.92 Å². The summed E-state index contributed by atoms with van der Waals surface area (Å²) in [4.78, 5) is 0.113. The first-order valence-corrected chi connectivity index (χ1v) is 6.46. The van der Waals surface area contributed by atoms with Crippen LogP contribution < -0.4 is 0 Å².